The molecule has 26 heavy (non-hydrogen) atoms. The van der Waals surface area contributed by atoms with Crippen LogP contribution in [0.15, 0.2) is 18.2 Å². The molecule has 1 heterocycles. The molecule has 8 heteroatoms. The Kier molecular flexibility index (Phi) is 7.76. The van der Waals surface area contributed by atoms with Crippen LogP contribution in [-0.2, 0) is 20.6 Å². The fraction of sp³-hybridized carbons (Fsp3) is 0.611. The molecule has 0 radical (unpaired) electrons. The molecule has 0 aromatic heterocycles. The van der Waals surface area contributed by atoms with Gasteiger partial charge in [0.1, 0.15) is 0 Å². The molecule has 1 aromatic rings. The van der Waals surface area contributed by atoms with E-state index >= 15 is 0 Å². The standard InChI is InChI=1S/C18H26Cl2N2O3S/c1-3-5-13(2)21-18(23)14-8-10-22(11-9-14)26(24,25)12-15-16(19)6-4-7-17(15)20/h4,6-7,13-14H,3,5,8-12H2,1-2H3,(H,21,23)/t13-/m1/s1. The molecular formula is C18H26Cl2N2O3S. The number of halogens is 2. The third kappa shape index (κ3) is 5.59. The van der Waals surface area contributed by atoms with E-state index in [1.807, 2.05) is 6.92 Å². The lowest BCUT2D eigenvalue weighted by atomic mass is 9.96. The van der Waals surface area contributed by atoms with E-state index in [1.165, 1.54) is 4.31 Å². The predicted molar refractivity (Wildman–Crippen MR) is 106 cm³/mol. The minimum atomic E-state index is -3.53. The molecule has 1 atom stereocenters. The molecule has 0 aliphatic carbocycles. The van der Waals surface area contributed by atoms with E-state index in [-0.39, 0.29) is 23.6 Å². The predicted octanol–water partition coefficient (Wildman–Crippen LogP) is 3.84. The summed E-state index contributed by atoms with van der Waals surface area (Å²) in [5.41, 5.74) is 0.420. The summed E-state index contributed by atoms with van der Waals surface area (Å²) in [7, 11) is -3.53. The number of hydrogen-bond donors (Lipinski definition) is 1. The molecule has 1 aromatic carbocycles. The number of piperidine rings is 1. The minimum Gasteiger partial charge on any atom is -0.353 e. The van der Waals surface area contributed by atoms with E-state index in [0.717, 1.165) is 12.8 Å². The Morgan fingerprint density at radius 1 is 1.27 bits per heavy atom. The summed E-state index contributed by atoms with van der Waals surface area (Å²) in [6.45, 7) is 4.75. The Balaban J connectivity index is 1.95. The minimum absolute atomic E-state index is 0.0251. The van der Waals surface area contributed by atoms with Crippen molar-refractivity contribution in [1.29, 1.82) is 0 Å². The van der Waals surface area contributed by atoms with Crippen molar-refractivity contribution in [2.45, 2.75) is 51.3 Å². The lowest BCUT2D eigenvalue weighted by Gasteiger charge is -2.31. The summed E-state index contributed by atoms with van der Waals surface area (Å²) in [5.74, 6) is -0.336. The van der Waals surface area contributed by atoms with Gasteiger partial charge in [0.05, 0.1) is 5.75 Å². The van der Waals surface area contributed by atoms with E-state index in [1.54, 1.807) is 18.2 Å². The van der Waals surface area contributed by atoms with Gasteiger partial charge in [0, 0.05) is 40.7 Å². The maximum Gasteiger partial charge on any atom is 0.223 e. The Labute approximate surface area is 166 Å². The molecule has 2 rings (SSSR count). The molecule has 1 aliphatic heterocycles. The second-order valence-electron chi connectivity index (χ2n) is 6.83. The molecule has 0 spiro atoms. The Hall–Kier alpha value is -0.820. The van der Waals surface area contributed by atoms with Crippen molar-refractivity contribution in [2.75, 3.05) is 13.1 Å². The SMILES string of the molecule is CCC[C@@H](C)NC(=O)C1CCN(S(=O)(=O)Cc2c(Cl)cccc2Cl)CC1. The van der Waals surface area contributed by atoms with Crippen LogP contribution in [0.4, 0.5) is 0 Å². The Morgan fingerprint density at radius 2 is 1.85 bits per heavy atom. The third-order valence-corrected chi connectivity index (χ3v) is 7.23. The molecule has 1 aliphatic rings. The van der Waals surface area contributed by atoms with Crippen LogP contribution in [0.1, 0.15) is 45.1 Å². The molecule has 0 bridgehead atoms. The van der Waals surface area contributed by atoms with Crippen molar-refractivity contribution < 1.29 is 13.2 Å². The topological polar surface area (TPSA) is 66.5 Å². The van der Waals surface area contributed by atoms with Crippen LogP contribution in [0, 0.1) is 5.92 Å². The van der Waals surface area contributed by atoms with Crippen LogP contribution >= 0.6 is 23.2 Å². The summed E-state index contributed by atoms with van der Waals surface area (Å²) in [4.78, 5) is 12.3. The van der Waals surface area contributed by atoms with Crippen molar-refractivity contribution in [1.82, 2.24) is 9.62 Å². The van der Waals surface area contributed by atoms with Gasteiger partial charge in [0.15, 0.2) is 0 Å². The highest BCUT2D eigenvalue weighted by Crippen LogP contribution is 2.29. The molecule has 0 saturated carbocycles. The molecule has 0 unspecified atom stereocenters. The van der Waals surface area contributed by atoms with Crippen LogP contribution in [0.25, 0.3) is 0 Å². The van der Waals surface area contributed by atoms with E-state index in [4.69, 9.17) is 23.2 Å². The zero-order valence-corrected chi connectivity index (χ0v) is 17.5. The van der Waals surface area contributed by atoms with E-state index in [0.29, 0.717) is 41.5 Å². The zero-order chi connectivity index (χ0) is 19.3. The first-order valence-corrected chi connectivity index (χ1v) is 11.3. The number of rotatable bonds is 7. The fourth-order valence-corrected chi connectivity index (χ4v) is 5.52. The van der Waals surface area contributed by atoms with Gasteiger partial charge in [0.25, 0.3) is 0 Å². The molecule has 1 N–H and O–H groups in total. The first-order chi connectivity index (χ1) is 12.2. The van der Waals surface area contributed by atoms with Crippen LogP contribution in [0.3, 0.4) is 0 Å². The van der Waals surface area contributed by atoms with Crippen LogP contribution in [-0.4, -0.2) is 37.8 Å². The average molecular weight is 421 g/mol. The maximum atomic E-state index is 12.7. The zero-order valence-electron chi connectivity index (χ0n) is 15.2. The molecular weight excluding hydrogens is 395 g/mol. The number of nitrogens with one attached hydrogen (secondary N) is 1. The number of sulfonamides is 1. The summed E-state index contributed by atoms with van der Waals surface area (Å²) in [6.07, 6.45) is 3.01. The second kappa shape index (κ2) is 9.40. The van der Waals surface area contributed by atoms with Crippen molar-refractivity contribution in [3.05, 3.63) is 33.8 Å². The molecule has 1 saturated heterocycles. The van der Waals surface area contributed by atoms with Gasteiger partial charge in [0.2, 0.25) is 15.9 Å². The van der Waals surface area contributed by atoms with Gasteiger partial charge in [-0.05, 0) is 38.3 Å². The van der Waals surface area contributed by atoms with Gasteiger partial charge in [-0.2, -0.15) is 0 Å². The summed E-state index contributed by atoms with van der Waals surface area (Å²) in [5, 5.41) is 3.71. The number of carbonyl (C=O) groups is 1. The average Bonchev–Trinajstić information content (AvgIpc) is 2.58. The number of amides is 1. The van der Waals surface area contributed by atoms with Gasteiger partial charge in [-0.1, -0.05) is 42.6 Å². The Morgan fingerprint density at radius 3 is 2.38 bits per heavy atom. The largest absolute Gasteiger partial charge is 0.353 e. The van der Waals surface area contributed by atoms with Crippen LogP contribution < -0.4 is 5.32 Å². The summed E-state index contributed by atoms with van der Waals surface area (Å²) >= 11 is 12.2. The van der Waals surface area contributed by atoms with Crippen molar-refractivity contribution in [2.24, 2.45) is 5.92 Å². The highest BCUT2D eigenvalue weighted by molar-refractivity contribution is 7.88. The third-order valence-electron chi connectivity index (χ3n) is 4.72. The summed E-state index contributed by atoms with van der Waals surface area (Å²) in [6, 6.07) is 5.10. The van der Waals surface area contributed by atoms with Gasteiger partial charge in [-0.25, -0.2) is 12.7 Å². The number of nitrogens with zero attached hydrogens (tertiary/aromatic N) is 1. The fourth-order valence-electron chi connectivity index (χ4n) is 3.21. The lowest BCUT2D eigenvalue weighted by molar-refractivity contribution is -0.126. The number of benzene rings is 1. The normalized spacial score (nSPS) is 17.8. The maximum absolute atomic E-state index is 12.7. The highest BCUT2D eigenvalue weighted by Gasteiger charge is 2.32. The van der Waals surface area contributed by atoms with Crippen LogP contribution in [0.2, 0.25) is 10.0 Å². The van der Waals surface area contributed by atoms with Crippen molar-refractivity contribution in [3.8, 4) is 0 Å². The lowest BCUT2D eigenvalue weighted by Crippen LogP contribution is -2.45. The van der Waals surface area contributed by atoms with Gasteiger partial charge >= 0.3 is 0 Å². The first kappa shape index (κ1) is 21.5. The molecule has 1 fully saturated rings. The quantitative estimate of drug-likeness (QED) is 0.728. The molecule has 146 valence electrons. The monoisotopic (exact) mass is 420 g/mol. The van der Waals surface area contributed by atoms with Crippen LogP contribution in [0.5, 0.6) is 0 Å². The highest BCUT2D eigenvalue weighted by atomic mass is 35.5. The van der Waals surface area contributed by atoms with Gasteiger partial charge in [-0.15, -0.1) is 0 Å². The van der Waals surface area contributed by atoms with Crippen molar-refractivity contribution in [3.63, 3.8) is 0 Å². The smallest absolute Gasteiger partial charge is 0.223 e. The van der Waals surface area contributed by atoms with E-state index in [9.17, 15) is 13.2 Å². The Bertz CT molecular complexity index is 712. The second-order valence-corrected chi connectivity index (χ2v) is 9.61. The van der Waals surface area contributed by atoms with E-state index < -0.39 is 10.0 Å². The number of carbonyl (C=O) groups excluding carboxylic acids is 1. The molecule has 5 nitrogen and oxygen atoms in total. The summed E-state index contributed by atoms with van der Waals surface area (Å²) < 4.78 is 26.9. The first-order valence-electron chi connectivity index (χ1n) is 8.95. The van der Waals surface area contributed by atoms with Gasteiger partial charge < -0.3 is 5.32 Å². The van der Waals surface area contributed by atoms with Crippen molar-refractivity contribution >= 4 is 39.1 Å². The molecule has 1 amide bonds. The van der Waals surface area contributed by atoms with Gasteiger partial charge in [-0.3, -0.25) is 4.79 Å². The number of hydrogen-bond acceptors (Lipinski definition) is 3. The van der Waals surface area contributed by atoms with E-state index in [2.05, 4.69) is 12.2 Å².